The second-order valence-corrected chi connectivity index (χ2v) is 14.9. The van der Waals surface area contributed by atoms with Crippen molar-refractivity contribution in [1.29, 1.82) is 0 Å². The first-order valence-electron chi connectivity index (χ1n) is 18.1. The standard InChI is InChI=1S/C48H26N4O2S/c1-2-11-28(12-3-1)48-49-44-38(54-48)22-21-37-43(44)42-34-16-7-6-14-32(34)36(26-39(42)53-37)47-51-45(30-19-18-27-10-4-5-13-29(27)24-30)50-46(52-47)31-20-23-41-35(25-31)33-15-8-9-17-40(33)55-41/h1-26H. The summed E-state index contributed by atoms with van der Waals surface area (Å²) in [7, 11) is 0. The number of hydrogen-bond donors (Lipinski definition) is 0. The third kappa shape index (κ3) is 4.73. The highest BCUT2D eigenvalue weighted by Crippen LogP contribution is 2.43. The van der Waals surface area contributed by atoms with Crippen molar-refractivity contribution >= 4 is 86.1 Å². The lowest BCUT2D eigenvalue weighted by Crippen LogP contribution is -2.00. The van der Waals surface area contributed by atoms with Gasteiger partial charge in [0.2, 0.25) is 5.89 Å². The molecule has 4 aromatic heterocycles. The summed E-state index contributed by atoms with van der Waals surface area (Å²) in [4.78, 5) is 20.6. The average Bonchev–Trinajstić information content (AvgIpc) is 3.96. The van der Waals surface area contributed by atoms with Gasteiger partial charge in [-0.15, -0.1) is 11.3 Å². The molecule has 8 aromatic carbocycles. The van der Waals surface area contributed by atoms with E-state index < -0.39 is 0 Å². The molecule has 0 aliphatic heterocycles. The molecule has 4 heterocycles. The number of aromatic nitrogens is 4. The fourth-order valence-electron chi connectivity index (χ4n) is 7.95. The van der Waals surface area contributed by atoms with E-state index in [1.165, 1.54) is 20.2 Å². The second-order valence-electron chi connectivity index (χ2n) is 13.8. The van der Waals surface area contributed by atoms with Gasteiger partial charge in [-0.25, -0.2) is 19.9 Å². The Kier molecular flexibility index (Phi) is 6.40. The van der Waals surface area contributed by atoms with Gasteiger partial charge in [-0.2, -0.15) is 0 Å². The van der Waals surface area contributed by atoms with Crippen LogP contribution in [-0.4, -0.2) is 19.9 Å². The topological polar surface area (TPSA) is 77.8 Å². The van der Waals surface area contributed by atoms with Crippen LogP contribution >= 0.6 is 11.3 Å². The Morgan fingerprint density at radius 3 is 1.93 bits per heavy atom. The number of hydrogen-bond acceptors (Lipinski definition) is 7. The molecule has 256 valence electrons. The van der Waals surface area contributed by atoms with Gasteiger partial charge in [0.05, 0.1) is 5.39 Å². The average molecular weight is 723 g/mol. The lowest BCUT2D eigenvalue weighted by atomic mass is 9.98. The third-order valence-electron chi connectivity index (χ3n) is 10.5. The predicted molar refractivity (Wildman–Crippen MR) is 224 cm³/mol. The smallest absolute Gasteiger partial charge is 0.227 e. The minimum absolute atomic E-state index is 0.569. The van der Waals surface area contributed by atoms with Crippen molar-refractivity contribution in [3.8, 4) is 45.6 Å². The lowest BCUT2D eigenvalue weighted by molar-refractivity contribution is 0.619. The van der Waals surface area contributed by atoms with Crippen LogP contribution in [0.25, 0.3) is 120 Å². The molecule has 0 aliphatic rings. The largest absolute Gasteiger partial charge is 0.456 e. The lowest BCUT2D eigenvalue weighted by Gasteiger charge is -2.11. The van der Waals surface area contributed by atoms with E-state index >= 15 is 0 Å². The van der Waals surface area contributed by atoms with Crippen molar-refractivity contribution in [3.63, 3.8) is 0 Å². The highest BCUT2D eigenvalue weighted by molar-refractivity contribution is 7.25. The van der Waals surface area contributed by atoms with Crippen LogP contribution in [0.15, 0.2) is 167 Å². The number of fused-ring (bicyclic) bond motifs is 11. The van der Waals surface area contributed by atoms with Gasteiger partial charge >= 0.3 is 0 Å². The molecule has 0 saturated carbocycles. The minimum atomic E-state index is 0.569. The van der Waals surface area contributed by atoms with E-state index in [0.717, 1.165) is 71.3 Å². The van der Waals surface area contributed by atoms with Gasteiger partial charge in [-0.1, -0.05) is 97.1 Å². The molecule has 0 spiro atoms. The number of rotatable bonds is 4. The van der Waals surface area contributed by atoms with Gasteiger partial charge in [-0.05, 0) is 82.2 Å². The van der Waals surface area contributed by atoms with Gasteiger partial charge < -0.3 is 8.83 Å². The van der Waals surface area contributed by atoms with Crippen LogP contribution in [0.3, 0.4) is 0 Å². The number of furan rings is 1. The van der Waals surface area contributed by atoms with Crippen LogP contribution in [0.2, 0.25) is 0 Å². The van der Waals surface area contributed by atoms with Gasteiger partial charge in [0, 0.05) is 47.8 Å². The summed E-state index contributed by atoms with van der Waals surface area (Å²) in [5, 5.41) is 8.63. The zero-order valence-electron chi connectivity index (χ0n) is 29.0. The first-order valence-corrected chi connectivity index (χ1v) is 18.9. The Morgan fingerprint density at radius 1 is 0.382 bits per heavy atom. The fraction of sp³-hybridized carbons (Fsp3) is 0. The number of nitrogens with zero attached hydrogens (tertiary/aromatic N) is 4. The minimum Gasteiger partial charge on any atom is -0.456 e. The summed E-state index contributed by atoms with van der Waals surface area (Å²) in [6.45, 7) is 0. The molecule has 12 rings (SSSR count). The van der Waals surface area contributed by atoms with Crippen molar-refractivity contribution < 1.29 is 8.83 Å². The summed E-state index contributed by atoms with van der Waals surface area (Å²) in [6.07, 6.45) is 0. The Hall–Kier alpha value is -7.22. The molecular formula is C48H26N4O2S. The molecule has 0 unspecified atom stereocenters. The number of thiophene rings is 1. The van der Waals surface area contributed by atoms with Crippen molar-refractivity contribution in [2.75, 3.05) is 0 Å². The van der Waals surface area contributed by atoms with E-state index in [2.05, 4.69) is 115 Å². The van der Waals surface area contributed by atoms with Crippen LogP contribution in [0, 0.1) is 0 Å². The van der Waals surface area contributed by atoms with E-state index in [0.29, 0.717) is 28.9 Å². The second kappa shape index (κ2) is 11.6. The molecule has 0 aliphatic carbocycles. The maximum atomic E-state index is 6.65. The molecule has 0 saturated heterocycles. The van der Waals surface area contributed by atoms with Crippen molar-refractivity contribution in [2.45, 2.75) is 0 Å². The molecule has 0 N–H and O–H groups in total. The maximum Gasteiger partial charge on any atom is 0.227 e. The highest BCUT2D eigenvalue weighted by Gasteiger charge is 2.22. The van der Waals surface area contributed by atoms with Crippen LogP contribution < -0.4 is 0 Å². The third-order valence-corrected chi connectivity index (χ3v) is 11.7. The highest BCUT2D eigenvalue weighted by atomic mass is 32.1. The molecule has 0 fully saturated rings. The van der Waals surface area contributed by atoms with E-state index in [1.54, 1.807) is 11.3 Å². The number of benzene rings is 8. The van der Waals surface area contributed by atoms with E-state index in [4.69, 9.17) is 28.8 Å². The van der Waals surface area contributed by atoms with Crippen LogP contribution in [0.1, 0.15) is 0 Å². The van der Waals surface area contributed by atoms with Gasteiger partial charge in [0.1, 0.15) is 16.7 Å². The predicted octanol–water partition coefficient (Wildman–Crippen LogP) is 13.3. The fourth-order valence-corrected chi connectivity index (χ4v) is 9.03. The molecule has 12 aromatic rings. The Morgan fingerprint density at radius 2 is 1.05 bits per heavy atom. The summed E-state index contributed by atoms with van der Waals surface area (Å²) >= 11 is 1.80. The SMILES string of the molecule is c1ccc(-c2nc3c(ccc4oc5cc(-c6nc(-c7ccc8ccccc8c7)nc(-c7ccc8sc9ccccc9c8c7)n6)c6ccccc6c5c43)o2)cc1. The normalized spacial score (nSPS) is 12.0. The zero-order valence-corrected chi connectivity index (χ0v) is 29.8. The summed E-state index contributed by atoms with van der Waals surface area (Å²) in [5.41, 5.74) is 6.57. The van der Waals surface area contributed by atoms with Gasteiger partial charge in [0.25, 0.3) is 0 Å². The molecule has 55 heavy (non-hydrogen) atoms. The molecule has 7 heteroatoms. The molecule has 6 nitrogen and oxygen atoms in total. The van der Waals surface area contributed by atoms with E-state index in [1.807, 2.05) is 42.5 Å². The van der Waals surface area contributed by atoms with Crippen molar-refractivity contribution in [3.05, 3.63) is 158 Å². The van der Waals surface area contributed by atoms with Crippen LogP contribution in [-0.2, 0) is 0 Å². The first-order chi connectivity index (χ1) is 27.2. The Bertz CT molecular complexity index is 3510. The van der Waals surface area contributed by atoms with Gasteiger partial charge in [-0.3, -0.25) is 0 Å². The molecule has 0 atom stereocenters. The molecule has 0 radical (unpaired) electrons. The quantitative estimate of drug-likeness (QED) is 0.180. The van der Waals surface area contributed by atoms with Crippen molar-refractivity contribution in [2.24, 2.45) is 0 Å². The Labute approximate surface area is 317 Å². The monoisotopic (exact) mass is 722 g/mol. The van der Waals surface area contributed by atoms with E-state index in [9.17, 15) is 0 Å². The summed E-state index contributed by atoms with van der Waals surface area (Å²) in [5.74, 6) is 2.36. The number of oxazole rings is 1. The summed E-state index contributed by atoms with van der Waals surface area (Å²) in [6, 6.07) is 54.1. The van der Waals surface area contributed by atoms with Crippen molar-refractivity contribution in [1.82, 2.24) is 19.9 Å². The molecule has 0 amide bonds. The van der Waals surface area contributed by atoms with Gasteiger partial charge in [0.15, 0.2) is 23.1 Å². The molecular weight excluding hydrogens is 697 g/mol. The Balaban J connectivity index is 1.11. The van der Waals surface area contributed by atoms with E-state index in [-0.39, 0.29) is 0 Å². The first kappa shape index (κ1) is 30.3. The van der Waals surface area contributed by atoms with Crippen LogP contribution in [0.5, 0.6) is 0 Å². The van der Waals surface area contributed by atoms with Crippen LogP contribution in [0.4, 0.5) is 0 Å². The summed E-state index contributed by atoms with van der Waals surface area (Å²) < 4.78 is 15.4. The molecule has 0 bridgehead atoms. The zero-order chi connectivity index (χ0) is 36.0. The maximum absolute atomic E-state index is 6.65.